The number of hydrogen-bond acceptors (Lipinski definition) is 2. The first kappa shape index (κ1) is 10.3. The second kappa shape index (κ2) is 3.16. The zero-order valence-electron chi connectivity index (χ0n) is 10.0. The van der Waals surface area contributed by atoms with E-state index in [0.29, 0.717) is 5.92 Å². The Morgan fingerprint density at radius 2 is 2.07 bits per heavy atom. The summed E-state index contributed by atoms with van der Waals surface area (Å²) in [5, 5.41) is 3.60. The van der Waals surface area contributed by atoms with Crippen LogP contribution < -0.4 is 11.1 Å². The number of nitrogens with two attached hydrogens (primary N) is 1. The first-order valence-electron chi connectivity index (χ1n) is 5.58. The third kappa shape index (κ3) is 1.69. The van der Waals surface area contributed by atoms with Crippen LogP contribution in [0.4, 0.5) is 11.4 Å². The molecule has 1 heterocycles. The van der Waals surface area contributed by atoms with Crippen molar-refractivity contribution in [1.29, 1.82) is 0 Å². The summed E-state index contributed by atoms with van der Waals surface area (Å²) >= 11 is 0. The van der Waals surface area contributed by atoms with E-state index in [1.807, 2.05) is 6.07 Å². The molecular formula is C13H20N2. The number of hydrogen-bond donors (Lipinski definition) is 2. The molecule has 0 saturated carbocycles. The molecular weight excluding hydrogens is 184 g/mol. The molecule has 1 aliphatic heterocycles. The molecule has 1 unspecified atom stereocenters. The second-order valence-electron chi connectivity index (χ2n) is 5.36. The summed E-state index contributed by atoms with van der Waals surface area (Å²) in [5.74, 6) is 0.607. The average Bonchev–Trinajstić information content (AvgIpc) is 2.10. The summed E-state index contributed by atoms with van der Waals surface area (Å²) in [6.45, 7) is 8.87. The van der Waals surface area contributed by atoms with E-state index in [1.165, 1.54) is 23.2 Å². The normalized spacial score (nSPS) is 23.1. The first-order valence-corrected chi connectivity index (χ1v) is 5.58. The second-order valence-corrected chi connectivity index (χ2v) is 5.36. The van der Waals surface area contributed by atoms with Crippen molar-refractivity contribution in [2.75, 3.05) is 11.1 Å². The van der Waals surface area contributed by atoms with Crippen LogP contribution in [-0.2, 0) is 0 Å². The third-order valence-electron chi connectivity index (χ3n) is 3.35. The Bertz CT molecular complexity index is 394. The van der Waals surface area contributed by atoms with Crippen molar-refractivity contribution in [2.24, 2.45) is 0 Å². The number of anilines is 2. The molecule has 0 bridgehead atoms. The molecule has 0 fully saturated rings. The summed E-state index contributed by atoms with van der Waals surface area (Å²) < 4.78 is 0. The van der Waals surface area contributed by atoms with Gasteiger partial charge in [-0.25, -0.2) is 0 Å². The predicted molar refractivity (Wildman–Crippen MR) is 66.3 cm³/mol. The van der Waals surface area contributed by atoms with Gasteiger partial charge in [0.1, 0.15) is 0 Å². The van der Waals surface area contributed by atoms with Gasteiger partial charge in [-0.1, -0.05) is 13.0 Å². The topological polar surface area (TPSA) is 38.0 Å². The third-order valence-corrected chi connectivity index (χ3v) is 3.35. The van der Waals surface area contributed by atoms with Crippen molar-refractivity contribution < 1.29 is 0 Å². The maximum Gasteiger partial charge on any atom is 0.0429 e. The highest BCUT2D eigenvalue weighted by Crippen LogP contribution is 2.41. The Labute approximate surface area is 91.9 Å². The van der Waals surface area contributed by atoms with Crippen molar-refractivity contribution in [2.45, 2.75) is 45.6 Å². The van der Waals surface area contributed by atoms with E-state index >= 15 is 0 Å². The van der Waals surface area contributed by atoms with Gasteiger partial charge in [0.2, 0.25) is 0 Å². The number of fused-ring (bicyclic) bond motifs is 1. The largest absolute Gasteiger partial charge is 0.398 e. The molecule has 0 spiro atoms. The fourth-order valence-corrected chi connectivity index (χ4v) is 2.59. The quantitative estimate of drug-likeness (QED) is 0.636. The minimum atomic E-state index is 0.172. The van der Waals surface area contributed by atoms with Crippen molar-refractivity contribution in [1.82, 2.24) is 0 Å². The maximum atomic E-state index is 5.94. The molecule has 2 nitrogen and oxygen atoms in total. The van der Waals surface area contributed by atoms with Gasteiger partial charge in [-0.3, -0.25) is 0 Å². The molecule has 82 valence electrons. The smallest absolute Gasteiger partial charge is 0.0429 e. The lowest BCUT2D eigenvalue weighted by atomic mass is 9.81. The Morgan fingerprint density at radius 3 is 2.73 bits per heavy atom. The van der Waals surface area contributed by atoms with Gasteiger partial charge in [-0.05, 0) is 50.3 Å². The molecule has 0 saturated heterocycles. The minimum Gasteiger partial charge on any atom is -0.398 e. The highest BCUT2D eigenvalue weighted by Gasteiger charge is 2.30. The van der Waals surface area contributed by atoms with Crippen molar-refractivity contribution in [3.8, 4) is 0 Å². The van der Waals surface area contributed by atoms with Crippen molar-refractivity contribution in [3.63, 3.8) is 0 Å². The Balaban J connectivity index is 2.56. The van der Waals surface area contributed by atoms with Crippen LogP contribution in [0.1, 0.15) is 44.2 Å². The van der Waals surface area contributed by atoms with E-state index in [9.17, 15) is 0 Å². The van der Waals surface area contributed by atoms with Crippen molar-refractivity contribution in [3.05, 3.63) is 23.3 Å². The molecule has 1 atom stereocenters. The number of rotatable bonds is 0. The summed E-state index contributed by atoms with van der Waals surface area (Å²) in [6.07, 6.45) is 1.17. The van der Waals surface area contributed by atoms with Crippen LogP contribution in [0.25, 0.3) is 0 Å². The molecule has 0 amide bonds. The zero-order valence-corrected chi connectivity index (χ0v) is 10.0. The number of nitrogen functional groups attached to an aromatic ring is 1. The fraction of sp³-hybridized carbons (Fsp3) is 0.538. The summed E-state index contributed by atoms with van der Waals surface area (Å²) in [7, 11) is 0. The van der Waals surface area contributed by atoms with Crippen LogP contribution in [0.5, 0.6) is 0 Å². The molecule has 1 aliphatic rings. The van der Waals surface area contributed by atoms with Crippen LogP contribution in [0.15, 0.2) is 12.1 Å². The first-order chi connectivity index (χ1) is 6.91. The Hall–Kier alpha value is -1.18. The van der Waals surface area contributed by atoms with Gasteiger partial charge in [-0.15, -0.1) is 0 Å². The van der Waals surface area contributed by atoms with Gasteiger partial charge in [0.05, 0.1) is 0 Å². The molecule has 0 aliphatic carbocycles. The van der Waals surface area contributed by atoms with Gasteiger partial charge in [0.15, 0.2) is 0 Å². The van der Waals surface area contributed by atoms with Crippen molar-refractivity contribution >= 4 is 11.4 Å². The van der Waals surface area contributed by atoms with E-state index in [4.69, 9.17) is 5.73 Å². The van der Waals surface area contributed by atoms with Crippen LogP contribution in [0, 0.1) is 6.92 Å². The molecule has 2 heteroatoms. The van der Waals surface area contributed by atoms with E-state index in [1.54, 1.807) is 0 Å². The van der Waals surface area contributed by atoms with Gasteiger partial charge in [-0.2, -0.15) is 0 Å². The lowest BCUT2D eigenvalue weighted by Crippen LogP contribution is -2.37. The molecule has 0 radical (unpaired) electrons. The fourth-order valence-electron chi connectivity index (χ4n) is 2.59. The molecule has 1 aromatic rings. The minimum absolute atomic E-state index is 0.172. The van der Waals surface area contributed by atoms with Crippen LogP contribution in [0.2, 0.25) is 0 Å². The number of benzene rings is 1. The standard InChI is InChI=1S/C13H20N2/c1-8-7-13(3,4)15-12-9(2)11(14)6-5-10(8)12/h5-6,8,15H,7,14H2,1-4H3. The van der Waals surface area contributed by atoms with Gasteiger partial charge in [0, 0.05) is 16.9 Å². The number of nitrogens with one attached hydrogen (secondary N) is 1. The monoisotopic (exact) mass is 204 g/mol. The molecule has 0 aromatic heterocycles. The summed E-state index contributed by atoms with van der Waals surface area (Å²) in [4.78, 5) is 0. The van der Waals surface area contributed by atoms with E-state index in [0.717, 1.165) is 5.69 Å². The highest BCUT2D eigenvalue weighted by molar-refractivity contribution is 5.69. The lowest BCUT2D eigenvalue weighted by molar-refractivity contribution is 0.453. The Kier molecular flexibility index (Phi) is 2.18. The summed E-state index contributed by atoms with van der Waals surface area (Å²) in [5.41, 5.74) is 10.8. The van der Waals surface area contributed by atoms with E-state index < -0.39 is 0 Å². The lowest BCUT2D eigenvalue weighted by Gasteiger charge is -2.38. The predicted octanol–water partition coefficient (Wildman–Crippen LogP) is 3.27. The van der Waals surface area contributed by atoms with Gasteiger partial charge in [0.25, 0.3) is 0 Å². The van der Waals surface area contributed by atoms with Crippen LogP contribution in [-0.4, -0.2) is 5.54 Å². The van der Waals surface area contributed by atoms with Gasteiger partial charge < -0.3 is 11.1 Å². The maximum absolute atomic E-state index is 5.94. The SMILES string of the molecule is Cc1c(N)ccc2c1NC(C)(C)CC2C. The van der Waals surface area contributed by atoms with Crippen LogP contribution >= 0.6 is 0 Å². The average molecular weight is 204 g/mol. The molecule has 2 rings (SSSR count). The van der Waals surface area contributed by atoms with Gasteiger partial charge >= 0.3 is 0 Å². The zero-order chi connectivity index (χ0) is 11.2. The highest BCUT2D eigenvalue weighted by atomic mass is 15.0. The summed E-state index contributed by atoms with van der Waals surface area (Å²) in [6, 6.07) is 4.18. The Morgan fingerprint density at radius 1 is 1.40 bits per heavy atom. The molecule has 1 aromatic carbocycles. The van der Waals surface area contributed by atoms with Crippen LogP contribution in [0.3, 0.4) is 0 Å². The molecule has 15 heavy (non-hydrogen) atoms. The molecule has 3 N–H and O–H groups in total. The van der Waals surface area contributed by atoms with E-state index in [2.05, 4.69) is 39.1 Å². The van der Waals surface area contributed by atoms with E-state index in [-0.39, 0.29) is 5.54 Å².